The molecular formula is C18H22N4O5S. The van der Waals surface area contributed by atoms with Crippen molar-refractivity contribution in [1.82, 2.24) is 15.3 Å². The van der Waals surface area contributed by atoms with Crippen molar-refractivity contribution < 1.29 is 13.2 Å². The summed E-state index contributed by atoms with van der Waals surface area (Å²) in [4.78, 5) is 39.5. The lowest BCUT2D eigenvalue weighted by Gasteiger charge is -2.23. The van der Waals surface area contributed by atoms with E-state index in [1.54, 1.807) is 12.1 Å². The van der Waals surface area contributed by atoms with Gasteiger partial charge in [-0.3, -0.25) is 19.3 Å². The molecule has 0 aliphatic heterocycles. The minimum atomic E-state index is -4.32. The standard InChI is InChI=1S/C18H22N4O5S/c1-11-15(17(24)21-18(25)19-11)28(26,27)22-14-10-6-5-9-13(14)16(23)20-12-7-3-2-4-8-12/h5-6,9-10,12,22H,2-4,7-8H2,1H3,(H,20,23)(H2,19,21,24,25). The highest BCUT2D eigenvalue weighted by molar-refractivity contribution is 7.92. The number of nitrogens with one attached hydrogen (secondary N) is 4. The van der Waals surface area contributed by atoms with E-state index >= 15 is 0 Å². The molecule has 1 aliphatic rings. The Morgan fingerprint density at radius 1 is 1.07 bits per heavy atom. The first-order chi connectivity index (χ1) is 13.3. The molecule has 0 bridgehead atoms. The Morgan fingerprint density at radius 2 is 1.75 bits per heavy atom. The van der Waals surface area contributed by atoms with E-state index in [2.05, 4.69) is 15.0 Å². The maximum Gasteiger partial charge on any atom is 0.325 e. The molecule has 3 rings (SSSR count). The second kappa shape index (κ2) is 8.01. The molecule has 28 heavy (non-hydrogen) atoms. The second-order valence-corrected chi connectivity index (χ2v) is 8.44. The van der Waals surface area contributed by atoms with Crippen molar-refractivity contribution >= 4 is 21.6 Å². The van der Waals surface area contributed by atoms with Crippen molar-refractivity contribution in [2.75, 3.05) is 4.72 Å². The zero-order valence-electron chi connectivity index (χ0n) is 15.4. The number of para-hydroxylation sites is 1. The minimum absolute atomic E-state index is 0.0563. The fourth-order valence-corrected chi connectivity index (χ4v) is 4.71. The molecule has 2 aromatic rings. The minimum Gasteiger partial charge on any atom is -0.349 e. The summed E-state index contributed by atoms with van der Waals surface area (Å²) >= 11 is 0. The highest BCUT2D eigenvalue weighted by Gasteiger charge is 2.25. The van der Waals surface area contributed by atoms with Gasteiger partial charge in [-0.05, 0) is 31.9 Å². The topological polar surface area (TPSA) is 141 Å². The zero-order valence-corrected chi connectivity index (χ0v) is 16.2. The highest BCUT2D eigenvalue weighted by atomic mass is 32.2. The first-order valence-electron chi connectivity index (χ1n) is 9.04. The molecule has 1 heterocycles. The van der Waals surface area contributed by atoms with Crippen LogP contribution in [0.4, 0.5) is 5.69 Å². The summed E-state index contributed by atoms with van der Waals surface area (Å²) in [6.07, 6.45) is 5.04. The smallest absolute Gasteiger partial charge is 0.325 e. The molecule has 1 fully saturated rings. The van der Waals surface area contributed by atoms with Crippen molar-refractivity contribution in [2.24, 2.45) is 0 Å². The van der Waals surface area contributed by atoms with E-state index in [9.17, 15) is 22.8 Å². The molecule has 10 heteroatoms. The Hall–Kier alpha value is -2.88. The van der Waals surface area contributed by atoms with Crippen LogP contribution in [0.5, 0.6) is 0 Å². The summed E-state index contributed by atoms with van der Waals surface area (Å²) in [5, 5.41) is 2.94. The molecule has 4 N–H and O–H groups in total. The molecule has 0 atom stereocenters. The van der Waals surface area contributed by atoms with Gasteiger partial charge in [-0.25, -0.2) is 13.2 Å². The zero-order chi connectivity index (χ0) is 20.3. The molecule has 1 aliphatic carbocycles. The predicted octanol–water partition coefficient (Wildman–Crippen LogP) is 1.23. The van der Waals surface area contributed by atoms with E-state index in [0.29, 0.717) is 0 Å². The first kappa shape index (κ1) is 19.9. The Bertz CT molecular complexity index is 1100. The monoisotopic (exact) mass is 406 g/mol. The van der Waals surface area contributed by atoms with Gasteiger partial charge >= 0.3 is 5.69 Å². The van der Waals surface area contributed by atoms with E-state index in [-0.39, 0.29) is 28.9 Å². The van der Waals surface area contributed by atoms with Gasteiger partial charge in [0.2, 0.25) is 0 Å². The summed E-state index contributed by atoms with van der Waals surface area (Å²) in [7, 11) is -4.32. The van der Waals surface area contributed by atoms with Crippen LogP contribution < -0.4 is 21.3 Å². The molecule has 1 aromatic carbocycles. The van der Waals surface area contributed by atoms with Gasteiger partial charge < -0.3 is 10.3 Å². The molecule has 1 aromatic heterocycles. The number of aromatic nitrogens is 2. The third-order valence-corrected chi connectivity index (χ3v) is 6.22. The molecule has 9 nitrogen and oxygen atoms in total. The van der Waals surface area contributed by atoms with E-state index in [0.717, 1.165) is 32.1 Å². The largest absolute Gasteiger partial charge is 0.349 e. The van der Waals surface area contributed by atoms with Gasteiger partial charge in [-0.2, -0.15) is 0 Å². The molecule has 0 spiro atoms. The normalized spacial score (nSPS) is 15.2. The summed E-state index contributed by atoms with van der Waals surface area (Å²) in [6.45, 7) is 1.31. The van der Waals surface area contributed by atoms with Gasteiger partial charge in [-0.15, -0.1) is 0 Å². The average molecular weight is 406 g/mol. The quantitative estimate of drug-likeness (QED) is 0.591. The molecule has 0 radical (unpaired) electrons. The van der Waals surface area contributed by atoms with Crippen LogP contribution in [-0.4, -0.2) is 30.3 Å². The molecule has 0 unspecified atom stereocenters. The maximum absolute atomic E-state index is 12.7. The third-order valence-electron chi connectivity index (χ3n) is 4.70. The van der Waals surface area contributed by atoms with E-state index < -0.39 is 26.2 Å². The predicted molar refractivity (Wildman–Crippen MR) is 104 cm³/mol. The van der Waals surface area contributed by atoms with E-state index in [4.69, 9.17) is 0 Å². The highest BCUT2D eigenvalue weighted by Crippen LogP contribution is 2.22. The van der Waals surface area contributed by atoms with Crippen LogP contribution in [0.2, 0.25) is 0 Å². The van der Waals surface area contributed by atoms with Crippen molar-refractivity contribution in [2.45, 2.75) is 50.0 Å². The van der Waals surface area contributed by atoms with Crippen LogP contribution in [0.1, 0.15) is 48.2 Å². The lowest BCUT2D eigenvalue weighted by Crippen LogP contribution is -2.37. The van der Waals surface area contributed by atoms with Gasteiger partial charge in [0.1, 0.15) is 0 Å². The van der Waals surface area contributed by atoms with Gasteiger partial charge in [0.05, 0.1) is 11.3 Å². The van der Waals surface area contributed by atoms with Crippen molar-refractivity contribution in [1.29, 1.82) is 0 Å². The Balaban J connectivity index is 1.90. The number of carbonyl (C=O) groups excluding carboxylic acids is 1. The Kier molecular flexibility index (Phi) is 5.68. The van der Waals surface area contributed by atoms with Gasteiger partial charge in [0.25, 0.3) is 21.5 Å². The first-order valence-corrected chi connectivity index (χ1v) is 10.5. The SMILES string of the molecule is Cc1[nH]c(=O)[nH]c(=O)c1S(=O)(=O)Nc1ccccc1C(=O)NC1CCCCC1. The number of sulfonamides is 1. The number of aromatic amines is 2. The number of hydrogen-bond donors (Lipinski definition) is 4. The second-order valence-electron chi connectivity index (χ2n) is 6.82. The number of aryl methyl sites for hydroxylation is 1. The van der Waals surface area contributed by atoms with Crippen molar-refractivity contribution in [3.63, 3.8) is 0 Å². The van der Waals surface area contributed by atoms with Crippen LogP contribution in [0.15, 0.2) is 38.8 Å². The summed E-state index contributed by atoms with van der Waals surface area (Å²) in [5.41, 5.74) is -1.70. The Morgan fingerprint density at radius 3 is 2.43 bits per heavy atom. The summed E-state index contributed by atoms with van der Waals surface area (Å²) < 4.78 is 27.8. The molecule has 0 saturated heterocycles. The molecule has 1 amide bonds. The van der Waals surface area contributed by atoms with Crippen molar-refractivity contribution in [3.05, 3.63) is 56.4 Å². The van der Waals surface area contributed by atoms with E-state index in [1.807, 2.05) is 4.98 Å². The summed E-state index contributed by atoms with van der Waals surface area (Å²) in [6, 6.07) is 6.24. The number of anilines is 1. The van der Waals surface area contributed by atoms with Crippen LogP contribution in [0.25, 0.3) is 0 Å². The fraction of sp³-hybridized carbons (Fsp3) is 0.389. The third kappa shape index (κ3) is 4.33. The summed E-state index contributed by atoms with van der Waals surface area (Å²) in [5.74, 6) is -0.377. The number of H-pyrrole nitrogens is 2. The lowest BCUT2D eigenvalue weighted by atomic mass is 9.95. The van der Waals surface area contributed by atoms with Crippen LogP contribution in [0.3, 0.4) is 0 Å². The van der Waals surface area contributed by atoms with Crippen LogP contribution in [0, 0.1) is 6.92 Å². The lowest BCUT2D eigenvalue weighted by molar-refractivity contribution is 0.0928. The number of benzene rings is 1. The van der Waals surface area contributed by atoms with Gasteiger partial charge in [0.15, 0.2) is 4.90 Å². The number of amides is 1. The number of carbonyl (C=O) groups is 1. The van der Waals surface area contributed by atoms with Gasteiger partial charge in [0, 0.05) is 11.7 Å². The van der Waals surface area contributed by atoms with Crippen LogP contribution >= 0.6 is 0 Å². The number of rotatable bonds is 5. The number of hydrogen-bond acceptors (Lipinski definition) is 5. The molecule has 1 saturated carbocycles. The van der Waals surface area contributed by atoms with Gasteiger partial charge in [-0.1, -0.05) is 31.4 Å². The van der Waals surface area contributed by atoms with Crippen LogP contribution in [-0.2, 0) is 10.0 Å². The fourth-order valence-electron chi connectivity index (χ4n) is 3.39. The Labute approximate surface area is 161 Å². The average Bonchev–Trinajstić information content (AvgIpc) is 2.61. The van der Waals surface area contributed by atoms with E-state index in [1.165, 1.54) is 19.1 Å². The molecular weight excluding hydrogens is 384 g/mol. The maximum atomic E-state index is 12.7. The molecule has 150 valence electrons. The van der Waals surface area contributed by atoms with Crippen molar-refractivity contribution in [3.8, 4) is 0 Å².